The molecule has 0 aliphatic rings. The molecule has 23 heavy (non-hydrogen) atoms. The van der Waals surface area contributed by atoms with E-state index in [1.54, 1.807) is 0 Å². The van der Waals surface area contributed by atoms with Crippen LogP contribution in [0.3, 0.4) is 0 Å². The van der Waals surface area contributed by atoms with Crippen molar-refractivity contribution in [2.24, 2.45) is 0 Å². The van der Waals surface area contributed by atoms with Crippen molar-refractivity contribution in [3.8, 4) is 0 Å². The number of hydrogen-bond donors (Lipinski definition) is 2. The smallest absolute Gasteiger partial charge is 0.374 e. The average Bonchev–Trinajstić information content (AvgIpc) is 3.11. The SMILES string of the molecule is Cc1csc(CC(=O)NNC(=O)COC(=O)c2ccc(Br)o2)n1. The zero-order valence-electron chi connectivity index (χ0n) is 11.9. The molecule has 0 aromatic carbocycles. The Hall–Kier alpha value is -2.20. The number of amides is 2. The molecule has 0 radical (unpaired) electrons. The van der Waals surface area contributed by atoms with Gasteiger partial charge in [-0.3, -0.25) is 20.4 Å². The predicted molar refractivity (Wildman–Crippen MR) is 83.5 cm³/mol. The minimum absolute atomic E-state index is 0.0344. The number of ether oxygens (including phenoxy) is 1. The normalized spacial score (nSPS) is 10.2. The minimum Gasteiger partial charge on any atom is -0.450 e. The Bertz CT molecular complexity index is 727. The van der Waals surface area contributed by atoms with Crippen LogP contribution in [0.2, 0.25) is 0 Å². The maximum atomic E-state index is 11.6. The van der Waals surface area contributed by atoms with Crippen LogP contribution in [-0.4, -0.2) is 29.4 Å². The monoisotopic (exact) mass is 401 g/mol. The molecule has 0 fully saturated rings. The van der Waals surface area contributed by atoms with Crippen LogP contribution in [-0.2, 0) is 20.7 Å². The van der Waals surface area contributed by atoms with Gasteiger partial charge in [0.15, 0.2) is 11.3 Å². The number of hydrogen-bond acceptors (Lipinski definition) is 7. The minimum atomic E-state index is -0.782. The Labute approximate surface area is 143 Å². The Morgan fingerprint density at radius 2 is 2.04 bits per heavy atom. The van der Waals surface area contributed by atoms with E-state index in [1.165, 1.54) is 23.5 Å². The van der Waals surface area contributed by atoms with Gasteiger partial charge in [-0.1, -0.05) is 0 Å². The van der Waals surface area contributed by atoms with Crippen molar-refractivity contribution in [1.29, 1.82) is 0 Å². The van der Waals surface area contributed by atoms with E-state index in [0.717, 1.165) is 5.69 Å². The highest BCUT2D eigenvalue weighted by atomic mass is 79.9. The summed E-state index contributed by atoms with van der Waals surface area (Å²) in [6, 6.07) is 2.93. The average molecular weight is 402 g/mol. The van der Waals surface area contributed by atoms with Crippen molar-refractivity contribution < 1.29 is 23.5 Å². The molecule has 2 rings (SSSR count). The molecule has 10 heteroatoms. The van der Waals surface area contributed by atoms with Crippen molar-refractivity contribution in [2.75, 3.05) is 6.61 Å². The van der Waals surface area contributed by atoms with Crippen molar-refractivity contribution in [3.63, 3.8) is 0 Å². The molecule has 0 saturated heterocycles. The first-order valence-electron chi connectivity index (χ1n) is 6.35. The molecule has 0 aliphatic heterocycles. The maximum Gasteiger partial charge on any atom is 0.374 e. The molecular formula is C13H12BrN3O5S. The molecule has 2 N–H and O–H groups in total. The summed E-state index contributed by atoms with van der Waals surface area (Å²) in [4.78, 5) is 38.8. The molecular weight excluding hydrogens is 390 g/mol. The summed E-state index contributed by atoms with van der Waals surface area (Å²) in [7, 11) is 0. The number of hydrazine groups is 1. The molecule has 0 atom stereocenters. The summed E-state index contributed by atoms with van der Waals surface area (Å²) in [5, 5.41) is 2.47. The lowest BCUT2D eigenvalue weighted by atomic mass is 10.4. The Morgan fingerprint density at radius 1 is 1.30 bits per heavy atom. The van der Waals surface area contributed by atoms with Crippen LogP contribution in [0.4, 0.5) is 0 Å². The first-order chi connectivity index (χ1) is 10.9. The first-order valence-corrected chi connectivity index (χ1v) is 8.02. The van der Waals surface area contributed by atoms with Crippen LogP contribution >= 0.6 is 27.3 Å². The van der Waals surface area contributed by atoms with E-state index in [0.29, 0.717) is 9.68 Å². The molecule has 0 bridgehead atoms. The second-order valence-electron chi connectivity index (χ2n) is 4.34. The molecule has 122 valence electrons. The molecule has 0 unspecified atom stereocenters. The number of esters is 1. The molecule has 0 saturated carbocycles. The van der Waals surface area contributed by atoms with E-state index in [-0.39, 0.29) is 12.2 Å². The lowest BCUT2D eigenvalue weighted by Crippen LogP contribution is -2.44. The van der Waals surface area contributed by atoms with Gasteiger partial charge < -0.3 is 9.15 Å². The lowest BCUT2D eigenvalue weighted by Gasteiger charge is -2.06. The third-order valence-corrected chi connectivity index (χ3v) is 3.82. The Morgan fingerprint density at radius 3 is 2.65 bits per heavy atom. The topological polar surface area (TPSA) is 111 Å². The number of aromatic nitrogens is 1. The van der Waals surface area contributed by atoms with E-state index < -0.39 is 24.4 Å². The molecule has 2 aromatic rings. The number of carbonyl (C=O) groups is 3. The van der Waals surface area contributed by atoms with E-state index in [1.807, 2.05) is 12.3 Å². The largest absolute Gasteiger partial charge is 0.450 e. The number of aryl methyl sites for hydroxylation is 1. The molecule has 0 spiro atoms. The van der Waals surface area contributed by atoms with Crippen molar-refractivity contribution in [1.82, 2.24) is 15.8 Å². The Balaban J connectivity index is 1.68. The van der Waals surface area contributed by atoms with E-state index in [2.05, 4.69) is 31.8 Å². The summed E-state index contributed by atoms with van der Waals surface area (Å²) < 4.78 is 10.1. The van der Waals surface area contributed by atoms with Gasteiger partial charge in [-0.15, -0.1) is 11.3 Å². The van der Waals surface area contributed by atoms with Gasteiger partial charge in [0, 0.05) is 11.1 Å². The van der Waals surface area contributed by atoms with Gasteiger partial charge in [-0.05, 0) is 35.0 Å². The number of carbonyl (C=O) groups excluding carboxylic acids is 3. The van der Waals surface area contributed by atoms with E-state index in [4.69, 9.17) is 9.15 Å². The van der Waals surface area contributed by atoms with Crippen molar-refractivity contribution in [2.45, 2.75) is 13.3 Å². The fourth-order valence-electron chi connectivity index (χ4n) is 1.47. The third-order valence-electron chi connectivity index (χ3n) is 2.43. The van der Waals surface area contributed by atoms with Crippen LogP contribution in [0.25, 0.3) is 0 Å². The zero-order chi connectivity index (χ0) is 16.8. The molecule has 0 aliphatic carbocycles. The van der Waals surface area contributed by atoms with Gasteiger partial charge in [-0.2, -0.15) is 0 Å². The standard InChI is InChI=1S/C13H12BrN3O5S/c1-7-6-23-12(15-7)4-10(18)16-17-11(19)5-21-13(20)8-2-3-9(14)22-8/h2-3,6H,4-5H2,1H3,(H,16,18)(H,17,19). The van der Waals surface area contributed by atoms with Gasteiger partial charge in [-0.25, -0.2) is 9.78 Å². The first kappa shape index (κ1) is 17.2. The summed E-state index contributed by atoms with van der Waals surface area (Å²) in [6.45, 7) is 1.28. The number of nitrogens with one attached hydrogen (secondary N) is 2. The third kappa shape index (κ3) is 5.49. The summed E-state index contributed by atoms with van der Waals surface area (Å²) in [5.41, 5.74) is 5.19. The van der Waals surface area contributed by atoms with Crippen LogP contribution in [0.1, 0.15) is 21.3 Å². The van der Waals surface area contributed by atoms with E-state index >= 15 is 0 Å². The van der Waals surface area contributed by atoms with Gasteiger partial charge in [0.2, 0.25) is 11.7 Å². The van der Waals surface area contributed by atoms with Gasteiger partial charge in [0.1, 0.15) is 5.01 Å². The van der Waals surface area contributed by atoms with Gasteiger partial charge in [0.05, 0.1) is 6.42 Å². The van der Waals surface area contributed by atoms with E-state index in [9.17, 15) is 14.4 Å². The quantitative estimate of drug-likeness (QED) is 0.577. The molecule has 2 heterocycles. The highest BCUT2D eigenvalue weighted by Crippen LogP contribution is 2.14. The summed E-state index contributed by atoms with van der Waals surface area (Å²) >= 11 is 4.40. The van der Waals surface area contributed by atoms with Gasteiger partial charge >= 0.3 is 5.97 Å². The predicted octanol–water partition coefficient (Wildman–Crippen LogP) is 1.35. The number of furan rings is 1. The second kappa shape index (κ2) is 7.88. The lowest BCUT2D eigenvalue weighted by molar-refractivity contribution is -0.130. The number of nitrogens with zero attached hydrogens (tertiary/aromatic N) is 1. The molecule has 2 aromatic heterocycles. The fourth-order valence-corrected chi connectivity index (χ4v) is 2.54. The molecule has 2 amide bonds. The maximum absolute atomic E-state index is 11.6. The number of halogens is 1. The van der Waals surface area contributed by atoms with Crippen molar-refractivity contribution >= 4 is 45.1 Å². The zero-order valence-corrected chi connectivity index (χ0v) is 14.3. The summed E-state index contributed by atoms with van der Waals surface area (Å²) in [5.74, 6) is -1.91. The summed E-state index contributed by atoms with van der Waals surface area (Å²) in [6.07, 6.45) is 0.0546. The van der Waals surface area contributed by atoms with Crippen LogP contribution < -0.4 is 10.9 Å². The fraction of sp³-hybridized carbons (Fsp3) is 0.231. The highest BCUT2D eigenvalue weighted by molar-refractivity contribution is 9.10. The Kier molecular flexibility index (Phi) is 5.88. The number of rotatable bonds is 5. The highest BCUT2D eigenvalue weighted by Gasteiger charge is 2.14. The van der Waals surface area contributed by atoms with Crippen LogP contribution in [0.5, 0.6) is 0 Å². The van der Waals surface area contributed by atoms with Gasteiger partial charge in [0.25, 0.3) is 5.91 Å². The van der Waals surface area contributed by atoms with Crippen LogP contribution in [0, 0.1) is 6.92 Å². The van der Waals surface area contributed by atoms with Crippen LogP contribution in [0.15, 0.2) is 26.6 Å². The second-order valence-corrected chi connectivity index (χ2v) is 6.06. The van der Waals surface area contributed by atoms with Crippen molar-refractivity contribution in [3.05, 3.63) is 38.6 Å². The molecule has 8 nitrogen and oxygen atoms in total. The number of thiazole rings is 1.